The topological polar surface area (TPSA) is 42.4 Å². The zero-order valence-electron chi connectivity index (χ0n) is 7.30. The SMILES string of the molecule is COc1nc(I)cc(CO)c1C(F)F. The predicted molar refractivity (Wildman–Crippen MR) is 54.4 cm³/mol. The van der Waals surface area contributed by atoms with Crippen molar-refractivity contribution in [3.8, 4) is 5.88 Å². The Hall–Kier alpha value is -0.500. The number of aliphatic hydroxyl groups excluding tert-OH is 1. The molecule has 1 aromatic heterocycles. The molecule has 0 fully saturated rings. The fraction of sp³-hybridized carbons (Fsp3) is 0.375. The van der Waals surface area contributed by atoms with Crippen LogP contribution in [0.25, 0.3) is 0 Å². The van der Waals surface area contributed by atoms with E-state index in [1.54, 1.807) is 0 Å². The van der Waals surface area contributed by atoms with E-state index in [0.29, 0.717) is 3.70 Å². The lowest BCUT2D eigenvalue weighted by atomic mass is 10.1. The number of rotatable bonds is 3. The lowest BCUT2D eigenvalue weighted by molar-refractivity contribution is 0.141. The molecule has 0 saturated heterocycles. The average molecular weight is 315 g/mol. The van der Waals surface area contributed by atoms with Crippen LogP contribution in [0, 0.1) is 3.70 Å². The third-order valence-corrected chi connectivity index (χ3v) is 2.21. The highest BCUT2D eigenvalue weighted by molar-refractivity contribution is 14.1. The fourth-order valence-electron chi connectivity index (χ4n) is 1.07. The minimum absolute atomic E-state index is 0.129. The van der Waals surface area contributed by atoms with E-state index >= 15 is 0 Å². The largest absolute Gasteiger partial charge is 0.481 e. The van der Waals surface area contributed by atoms with Gasteiger partial charge in [0.25, 0.3) is 6.43 Å². The summed E-state index contributed by atoms with van der Waals surface area (Å²) in [6.45, 7) is -0.450. The van der Waals surface area contributed by atoms with Crippen LogP contribution in [-0.2, 0) is 6.61 Å². The highest BCUT2D eigenvalue weighted by Crippen LogP contribution is 2.31. The minimum atomic E-state index is -2.70. The summed E-state index contributed by atoms with van der Waals surface area (Å²) in [4.78, 5) is 3.79. The van der Waals surface area contributed by atoms with Crippen molar-refractivity contribution < 1.29 is 18.6 Å². The van der Waals surface area contributed by atoms with Crippen LogP contribution in [0.1, 0.15) is 17.6 Å². The van der Waals surface area contributed by atoms with Crippen molar-refractivity contribution in [2.45, 2.75) is 13.0 Å². The first-order valence-corrected chi connectivity index (χ1v) is 4.80. The van der Waals surface area contributed by atoms with Crippen LogP contribution in [0.15, 0.2) is 6.07 Å². The first-order valence-electron chi connectivity index (χ1n) is 3.72. The molecule has 0 saturated carbocycles. The Labute approximate surface area is 93.2 Å². The summed E-state index contributed by atoms with van der Waals surface area (Å²) in [5, 5.41) is 8.89. The number of nitrogens with zero attached hydrogens (tertiary/aromatic N) is 1. The Morgan fingerprint density at radius 2 is 2.29 bits per heavy atom. The molecule has 0 radical (unpaired) electrons. The summed E-state index contributed by atoms with van der Waals surface area (Å²) in [6.07, 6.45) is -2.70. The average Bonchev–Trinajstić information content (AvgIpc) is 2.15. The van der Waals surface area contributed by atoms with Gasteiger partial charge in [-0.1, -0.05) is 0 Å². The van der Waals surface area contributed by atoms with Crippen LogP contribution in [0.2, 0.25) is 0 Å². The molecule has 0 aliphatic rings. The van der Waals surface area contributed by atoms with Gasteiger partial charge in [-0.05, 0) is 34.2 Å². The Morgan fingerprint density at radius 3 is 2.71 bits per heavy atom. The molecule has 0 atom stereocenters. The second-order valence-corrected chi connectivity index (χ2v) is 3.59. The van der Waals surface area contributed by atoms with Gasteiger partial charge in [0.2, 0.25) is 5.88 Å². The number of alkyl halides is 2. The standard InChI is InChI=1S/C8H8F2INO2/c1-14-8-6(7(9)10)4(3-13)2-5(11)12-8/h2,7,13H,3H2,1H3. The van der Waals surface area contributed by atoms with Crippen LogP contribution in [0.5, 0.6) is 5.88 Å². The normalized spacial score (nSPS) is 10.7. The highest BCUT2D eigenvalue weighted by Gasteiger charge is 2.20. The Morgan fingerprint density at radius 1 is 1.64 bits per heavy atom. The molecule has 1 N–H and O–H groups in total. The molecule has 0 unspecified atom stereocenters. The molecule has 78 valence electrons. The van der Waals surface area contributed by atoms with E-state index < -0.39 is 13.0 Å². The summed E-state index contributed by atoms with van der Waals surface area (Å²) >= 11 is 1.87. The summed E-state index contributed by atoms with van der Waals surface area (Å²) in [5.41, 5.74) is -0.188. The monoisotopic (exact) mass is 315 g/mol. The van der Waals surface area contributed by atoms with Crippen LogP contribution in [0.3, 0.4) is 0 Å². The molecule has 0 bridgehead atoms. The molecule has 6 heteroatoms. The lowest BCUT2D eigenvalue weighted by Crippen LogP contribution is -2.03. The second-order valence-electron chi connectivity index (χ2n) is 2.49. The van der Waals surface area contributed by atoms with Gasteiger partial charge in [0.1, 0.15) is 3.70 Å². The molecule has 0 aromatic carbocycles. The van der Waals surface area contributed by atoms with Gasteiger partial charge >= 0.3 is 0 Å². The number of hydrogen-bond donors (Lipinski definition) is 1. The molecule has 1 heterocycles. The number of aliphatic hydroxyl groups is 1. The molecule has 1 rings (SSSR count). The van der Waals surface area contributed by atoms with Crippen molar-refractivity contribution in [2.75, 3.05) is 7.11 Å². The van der Waals surface area contributed by atoms with Crippen molar-refractivity contribution in [3.63, 3.8) is 0 Å². The van der Waals surface area contributed by atoms with Crippen LogP contribution in [0.4, 0.5) is 8.78 Å². The first-order chi connectivity index (χ1) is 6.60. The van der Waals surface area contributed by atoms with Crippen LogP contribution in [-0.4, -0.2) is 17.2 Å². The third kappa shape index (κ3) is 2.30. The minimum Gasteiger partial charge on any atom is -0.481 e. The maximum atomic E-state index is 12.6. The van der Waals surface area contributed by atoms with E-state index in [1.165, 1.54) is 13.2 Å². The zero-order chi connectivity index (χ0) is 10.7. The van der Waals surface area contributed by atoms with Gasteiger partial charge in [-0.25, -0.2) is 13.8 Å². The molecule has 0 aliphatic heterocycles. The van der Waals surface area contributed by atoms with E-state index in [0.717, 1.165) is 0 Å². The number of pyridine rings is 1. The van der Waals surface area contributed by atoms with E-state index in [4.69, 9.17) is 9.84 Å². The summed E-state index contributed by atoms with van der Waals surface area (Å²) in [6, 6.07) is 1.41. The number of aromatic nitrogens is 1. The van der Waals surface area contributed by atoms with Crippen molar-refractivity contribution in [1.29, 1.82) is 0 Å². The van der Waals surface area contributed by atoms with Crippen LogP contribution < -0.4 is 4.74 Å². The van der Waals surface area contributed by atoms with E-state index in [2.05, 4.69) is 4.98 Å². The van der Waals surface area contributed by atoms with Gasteiger partial charge < -0.3 is 9.84 Å². The molecule has 0 spiro atoms. The molecule has 0 aliphatic carbocycles. The van der Waals surface area contributed by atoms with E-state index in [-0.39, 0.29) is 17.0 Å². The lowest BCUT2D eigenvalue weighted by Gasteiger charge is -2.11. The van der Waals surface area contributed by atoms with Gasteiger partial charge in [0.05, 0.1) is 19.3 Å². The molecular weight excluding hydrogens is 307 g/mol. The van der Waals surface area contributed by atoms with Crippen LogP contribution >= 0.6 is 22.6 Å². The summed E-state index contributed by atoms with van der Waals surface area (Å²) < 4.78 is 30.4. The van der Waals surface area contributed by atoms with Gasteiger partial charge in [-0.15, -0.1) is 0 Å². The molecule has 1 aromatic rings. The Kier molecular flexibility index (Phi) is 3.99. The fourth-order valence-corrected chi connectivity index (χ4v) is 1.66. The summed E-state index contributed by atoms with van der Waals surface area (Å²) in [5.74, 6) is -0.129. The number of methoxy groups -OCH3 is 1. The quantitative estimate of drug-likeness (QED) is 0.686. The predicted octanol–water partition coefficient (Wildman–Crippen LogP) is 2.12. The highest BCUT2D eigenvalue weighted by atomic mass is 127. The Bertz CT molecular complexity index is 308. The first kappa shape index (κ1) is 11.6. The van der Waals surface area contributed by atoms with Gasteiger partial charge in [0, 0.05) is 0 Å². The van der Waals surface area contributed by atoms with Crippen molar-refractivity contribution in [2.24, 2.45) is 0 Å². The number of hydrogen-bond acceptors (Lipinski definition) is 3. The molecule has 14 heavy (non-hydrogen) atoms. The molecular formula is C8H8F2INO2. The second kappa shape index (κ2) is 4.83. The van der Waals surface area contributed by atoms with Crippen molar-refractivity contribution >= 4 is 22.6 Å². The smallest absolute Gasteiger partial charge is 0.269 e. The maximum Gasteiger partial charge on any atom is 0.269 e. The Balaban J connectivity index is 3.33. The van der Waals surface area contributed by atoms with E-state index in [1.807, 2.05) is 22.6 Å². The van der Waals surface area contributed by atoms with Gasteiger partial charge in [-0.3, -0.25) is 0 Å². The van der Waals surface area contributed by atoms with Crippen molar-refractivity contribution in [3.05, 3.63) is 20.9 Å². The van der Waals surface area contributed by atoms with Gasteiger partial charge in [0.15, 0.2) is 0 Å². The van der Waals surface area contributed by atoms with E-state index in [9.17, 15) is 8.78 Å². The third-order valence-electron chi connectivity index (χ3n) is 1.66. The molecule has 0 amide bonds. The number of ether oxygens (including phenoxy) is 1. The number of halogens is 3. The zero-order valence-corrected chi connectivity index (χ0v) is 9.46. The summed E-state index contributed by atoms with van der Waals surface area (Å²) in [7, 11) is 1.27. The van der Waals surface area contributed by atoms with Crippen molar-refractivity contribution in [1.82, 2.24) is 4.98 Å². The maximum absolute atomic E-state index is 12.6. The molecule has 3 nitrogen and oxygen atoms in total. The van der Waals surface area contributed by atoms with Gasteiger partial charge in [-0.2, -0.15) is 0 Å².